The number of ether oxygens (including phenoxy) is 1. The molecule has 1 amide bonds. The summed E-state index contributed by atoms with van der Waals surface area (Å²) in [5.74, 6) is -2.34. The Morgan fingerprint density at radius 1 is 1.32 bits per heavy atom. The number of H-pyrrole nitrogens is 1. The summed E-state index contributed by atoms with van der Waals surface area (Å²) >= 11 is 0. The first kappa shape index (κ1) is 21.3. The summed E-state index contributed by atoms with van der Waals surface area (Å²) in [6, 6.07) is 7.40. The molecule has 156 valence electrons. The lowest BCUT2D eigenvalue weighted by atomic mass is 10.1. The van der Waals surface area contributed by atoms with E-state index in [1.165, 1.54) is 24.3 Å². The Kier molecular flexibility index (Phi) is 6.45. The Bertz CT molecular complexity index is 1160. The molecule has 0 unspecified atom stereocenters. The van der Waals surface area contributed by atoms with Gasteiger partial charge in [0.25, 0.3) is 5.91 Å². The Morgan fingerprint density at radius 2 is 2.06 bits per heavy atom. The normalized spacial score (nSPS) is 14.6. The van der Waals surface area contributed by atoms with E-state index in [-0.39, 0.29) is 23.5 Å². The van der Waals surface area contributed by atoms with Gasteiger partial charge in [0, 0.05) is 11.9 Å². The third-order valence-corrected chi connectivity index (χ3v) is 4.23. The number of benzene rings is 1. The summed E-state index contributed by atoms with van der Waals surface area (Å²) in [7, 11) is 0. The number of carboxylic acids is 1. The van der Waals surface area contributed by atoms with Crippen LogP contribution in [0.1, 0.15) is 28.5 Å². The standard InChI is InChI=1S/C23H19N3O5/c1-3-5-6-7-17-12-15(14-24-17)13-19-20(23(30)31-4-2)25-26(21(19)27)18-10-8-16(9-11-18)22(28)29/h5-14,24H,1,4H2,2H3,(H,28,29). The number of hydrogen-bond acceptors (Lipinski definition) is 5. The van der Waals surface area contributed by atoms with E-state index in [1.807, 2.05) is 0 Å². The number of aromatic nitrogens is 1. The molecule has 0 bridgehead atoms. The molecule has 0 spiro atoms. The first-order chi connectivity index (χ1) is 14.9. The van der Waals surface area contributed by atoms with Crippen molar-refractivity contribution in [1.29, 1.82) is 0 Å². The average molecular weight is 417 g/mol. The number of amides is 1. The van der Waals surface area contributed by atoms with Crippen molar-refractivity contribution in [2.75, 3.05) is 11.6 Å². The third-order valence-electron chi connectivity index (χ3n) is 4.23. The van der Waals surface area contributed by atoms with E-state index in [1.54, 1.807) is 43.5 Å². The molecule has 0 aliphatic carbocycles. The lowest BCUT2D eigenvalue weighted by Gasteiger charge is -2.11. The number of carboxylic acid groups (broad SMARTS) is 1. The van der Waals surface area contributed by atoms with Gasteiger partial charge in [-0.25, -0.2) is 9.59 Å². The fourth-order valence-electron chi connectivity index (χ4n) is 2.81. The van der Waals surface area contributed by atoms with Crippen LogP contribution >= 0.6 is 0 Å². The number of esters is 1. The van der Waals surface area contributed by atoms with E-state index in [2.05, 4.69) is 22.4 Å². The van der Waals surface area contributed by atoms with Crippen LogP contribution in [0.2, 0.25) is 0 Å². The van der Waals surface area contributed by atoms with Crippen LogP contribution in [0.3, 0.4) is 0 Å². The van der Waals surface area contributed by atoms with Crippen molar-refractivity contribution in [1.82, 2.24) is 4.98 Å². The van der Waals surface area contributed by atoms with Gasteiger partial charge in [0.2, 0.25) is 0 Å². The van der Waals surface area contributed by atoms with Gasteiger partial charge in [-0.15, -0.1) is 5.73 Å². The molecule has 0 saturated carbocycles. The highest BCUT2D eigenvalue weighted by molar-refractivity contribution is 6.54. The fourth-order valence-corrected chi connectivity index (χ4v) is 2.81. The van der Waals surface area contributed by atoms with Gasteiger partial charge in [0.1, 0.15) is 0 Å². The van der Waals surface area contributed by atoms with Gasteiger partial charge in [-0.3, -0.25) is 4.79 Å². The maximum Gasteiger partial charge on any atom is 0.359 e. The topological polar surface area (TPSA) is 112 Å². The lowest BCUT2D eigenvalue weighted by Crippen LogP contribution is -2.22. The minimum Gasteiger partial charge on any atom is -0.478 e. The van der Waals surface area contributed by atoms with Crippen LogP contribution in [0.4, 0.5) is 5.69 Å². The second kappa shape index (κ2) is 9.39. The summed E-state index contributed by atoms with van der Waals surface area (Å²) in [5, 5.41) is 14.2. The van der Waals surface area contributed by atoms with Gasteiger partial charge < -0.3 is 14.8 Å². The minimum absolute atomic E-state index is 0.0694. The quantitative estimate of drug-likeness (QED) is 0.310. The lowest BCUT2D eigenvalue weighted by molar-refractivity contribution is -0.135. The van der Waals surface area contributed by atoms with Crippen LogP contribution in [-0.4, -0.2) is 40.3 Å². The molecule has 2 N–H and O–H groups in total. The first-order valence-electron chi connectivity index (χ1n) is 9.31. The number of aromatic carboxylic acids is 1. The molecule has 0 saturated heterocycles. The molecule has 1 aromatic carbocycles. The number of rotatable bonds is 7. The number of nitrogens with zero attached hydrogens (tertiary/aromatic N) is 2. The first-order valence-corrected chi connectivity index (χ1v) is 9.31. The maximum atomic E-state index is 13.0. The number of allylic oxidation sites excluding steroid dienone is 2. The number of aromatic amines is 1. The summed E-state index contributed by atoms with van der Waals surface area (Å²) in [6.07, 6.45) is 8.43. The molecule has 1 aliphatic heterocycles. The summed E-state index contributed by atoms with van der Waals surface area (Å²) in [5.41, 5.74) is 4.41. The van der Waals surface area contributed by atoms with Crippen LogP contribution in [0.25, 0.3) is 12.2 Å². The van der Waals surface area contributed by atoms with Gasteiger partial charge in [-0.1, -0.05) is 12.7 Å². The zero-order valence-corrected chi connectivity index (χ0v) is 16.7. The maximum absolute atomic E-state index is 13.0. The molecular formula is C23H19N3O5. The van der Waals surface area contributed by atoms with Crippen molar-refractivity contribution in [3.05, 3.63) is 83.4 Å². The summed E-state index contributed by atoms with van der Waals surface area (Å²) in [4.78, 5) is 39.5. The number of hydrogen-bond donors (Lipinski definition) is 2. The fraction of sp³-hybridized carbons (Fsp3) is 0.0870. The molecule has 2 heterocycles. The van der Waals surface area contributed by atoms with Gasteiger partial charge in [-0.2, -0.15) is 10.1 Å². The number of nitrogens with one attached hydrogen (secondary N) is 1. The van der Waals surface area contributed by atoms with Crippen LogP contribution in [0, 0.1) is 0 Å². The van der Waals surface area contributed by atoms with Gasteiger partial charge >= 0.3 is 11.9 Å². The van der Waals surface area contributed by atoms with Crippen molar-refractivity contribution in [2.24, 2.45) is 5.10 Å². The molecule has 1 aromatic heterocycles. The SMILES string of the molecule is C=C=CC=Cc1cc(C=C2C(=O)N(c3ccc(C(=O)O)cc3)N=C2C(=O)OCC)c[nH]1. The summed E-state index contributed by atoms with van der Waals surface area (Å²) in [6.45, 7) is 5.26. The number of hydrazone groups is 1. The van der Waals surface area contributed by atoms with E-state index in [0.29, 0.717) is 11.3 Å². The highest BCUT2D eigenvalue weighted by Crippen LogP contribution is 2.26. The van der Waals surface area contributed by atoms with E-state index in [0.717, 1.165) is 10.7 Å². The van der Waals surface area contributed by atoms with Gasteiger partial charge in [0.05, 0.1) is 23.4 Å². The molecule has 1 aliphatic rings. The Hall–Kier alpha value is -4.42. The third kappa shape index (κ3) is 4.77. The second-order valence-corrected chi connectivity index (χ2v) is 6.31. The van der Waals surface area contributed by atoms with Crippen molar-refractivity contribution >= 4 is 41.4 Å². The molecule has 8 nitrogen and oxygen atoms in total. The Balaban J connectivity index is 1.96. The zero-order valence-electron chi connectivity index (χ0n) is 16.7. The zero-order chi connectivity index (χ0) is 22.4. The minimum atomic E-state index is -1.09. The van der Waals surface area contributed by atoms with Gasteiger partial charge in [-0.05, 0) is 61.0 Å². The van der Waals surface area contributed by atoms with Crippen molar-refractivity contribution in [3.63, 3.8) is 0 Å². The molecule has 31 heavy (non-hydrogen) atoms. The van der Waals surface area contributed by atoms with E-state index >= 15 is 0 Å². The molecule has 0 fully saturated rings. The molecule has 2 aromatic rings. The van der Waals surface area contributed by atoms with Crippen LogP contribution < -0.4 is 5.01 Å². The van der Waals surface area contributed by atoms with E-state index in [9.17, 15) is 14.4 Å². The molecule has 0 atom stereocenters. The number of anilines is 1. The van der Waals surface area contributed by atoms with Crippen molar-refractivity contribution < 1.29 is 24.2 Å². The van der Waals surface area contributed by atoms with Crippen LogP contribution in [0.15, 0.2) is 71.7 Å². The largest absolute Gasteiger partial charge is 0.478 e. The predicted octanol–water partition coefficient (Wildman–Crippen LogP) is 3.42. The van der Waals surface area contributed by atoms with Crippen molar-refractivity contribution in [2.45, 2.75) is 6.92 Å². The highest BCUT2D eigenvalue weighted by atomic mass is 16.5. The molecule has 0 radical (unpaired) electrons. The molecule has 3 rings (SSSR count). The average Bonchev–Trinajstić information content (AvgIpc) is 3.33. The highest BCUT2D eigenvalue weighted by Gasteiger charge is 2.36. The second-order valence-electron chi connectivity index (χ2n) is 6.31. The number of carbonyl (C=O) groups excluding carboxylic acids is 2. The monoisotopic (exact) mass is 417 g/mol. The molecular weight excluding hydrogens is 398 g/mol. The number of carbonyl (C=O) groups is 3. The Labute approximate surface area is 178 Å². The van der Waals surface area contributed by atoms with E-state index < -0.39 is 17.8 Å². The van der Waals surface area contributed by atoms with Crippen LogP contribution in [0.5, 0.6) is 0 Å². The predicted molar refractivity (Wildman–Crippen MR) is 116 cm³/mol. The molecule has 8 heteroatoms. The summed E-state index contributed by atoms with van der Waals surface area (Å²) < 4.78 is 5.04. The Morgan fingerprint density at radius 3 is 2.71 bits per heavy atom. The van der Waals surface area contributed by atoms with Crippen molar-refractivity contribution in [3.8, 4) is 0 Å². The van der Waals surface area contributed by atoms with Gasteiger partial charge in [0.15, 0.2) is 5.71 Å². The van der Waals surface area contributed by atoms with Crippen LogP contribution in [-0.2, 0) is 14.3 Å². The smallest absolute Gasteiger partial charge is 0.359 e. The van der Waals surface area contributed by atoms with E-state index in [4.69, 9.17) is 9.84 Å².